The molecule has 0 radical (unpaired) electrons. The van der Waals surface area contributed by atoms with Gasteiger partial charge in [0.25, 0.3) is 11.8 Å². The Kier molecular flexibility index (Phi) is 8.74. The van der Waals surface area contributed by atoms with Gasteiger partial charge in [0.15, 0.2) is 0 Å². The van der Waals surface area contributed by atoms with Crippen LogP contribution in [0.1, 0.15) is 58.9 Å². The van der Waals surface area contributed by atoms with E-state index < -0.39 is 11.8 Å². The fraction of sp³-hybridized carbons (Fsp3) is 0.452. The second-order valence-corrected chi connectivity index (χ2v) is 14.5. The smallest absolute Gasteiger partial charge is 0.282 e. The largest absolute Gasteiger partial charge is 0.359 e. The highest BCUT2D eigenvalue weighted by atomic mass is 32.1. The summed E-state index contributed by atoms with van der Waals surface area (Å²) in [6.07, 6.45) is 7.28. The van der Waals surface area contributed by atoms with E-state index in [0.717, 1.165) is 41.4 Å². The van der Waals surface area contributed by atoms with Crippen LogP contribution < -0.4 is 20.4 Å². The highest BCUT2D eigenvalue weighted by Crippen LogP contribution is 2.44. The molecule has 2 aliphatic heterocycles. The molecule has 1 amide bonds. The second kappa shape index (κ2) is 13.0. The number of rotatable bonds is 11. The van der Waals surface area contributed by atoms with Crippen LogP contribution in [0.4, 0.5) is 39.2 Å². The third-order valence-electron chi connectivity index (χ3n) is 8.54. The number of alkyl halides is 4. The summed E-state index contributed by atoms with van der Waals surface area (Å²) < 4.78 is 53.1. The summed E-state index contributed by atoms with van der Waals surface area (Å²) in [7, 11) is 0. The van der Waals surface area contributed by atoms with E-state index in [0.29, 0.717) is 39.4 Å². The van der Waals surface area contributed by atoms with E-state index in [1.807, 2.05) is 0 Å². The van der Waals surface area contributed by atoms with Crippen LogP contribution in [0.5, 0.6) is 0 Å². The molecule has 3 fully saturated rings. The number of aromatic nitrogens is 6. The number of carbonyl (C=O) groups excluding carboxylic acids is 1. The fourth-order valence-corrected chi connectivity index (χ4v) is 8.03. The highest BCUT2D eigenvalue weighted by Gasteiger charge is 2.44. The predicted molar refractivity (Wildman–Crippen MR) is 175 cm³/mol. The predicted octanol–water partition coefficient (Wildman–Crippen LogP) is 5.88. The first-order chi connectivity index (χ1) is 23.0. The zero-order valence-electron chi connectivity index (χ0n) is 25.7. The van der Waals surface area contributed by atoms with E-state index in [1.54, 1.807) is 40.3 Å². The van der Waals surface area contributed by atoms with Crippen molar-refractivity contribution in [2.75, 3.05) is 46.6 Å². The summed E-state index contributed by atoms with van der Waals surface area (Å²) in [4.78, 5) is 24.5. The average molecular weight is 701 g/mol. The zero-order chi connectivity index (χ0) is 33.5. The van der Waals surface area contributed by atoms with Gasteiger partial charge < -0.3 is 20.4 Å². The minimum atomic E-state index is -2.68. The maximum atomic E-state index is 13.3. The van der Waals surface area contributed by atoms with Gasteiger partial charge in [-0.05, 0) is 43.5 Å². The molecule has 1 aliphatic carbocycles. The summed E-state index contributed by atoms with van der Waals surface area (Å²) in [5.41, 5.74) is 3.21. The van der Waals surface area contributed by atoms with Gasteiger partial charge in [0.05, 0.1) is 38.3 Å². The Labute approximate surface area is 281 Å². The molecule has 0 unspecified atom stereocenters. The quantitative estimate of drug-likeness (QED) is 0.183. The Balaban J connectivity index is 0.899. The number of allylic oxidation sites excluding steroid dienone is 1. The van der Waals surface area contributed by atoms with Gasteiger partial charge in [-0.2, -0.15) is 0 Å². The number of carbonyl (C=O) groups is 1. The highest BCUT2D eigenvalue weighted by molar-refractivity contribution is 7.15. The van der Waals surface area contributed by atoms with Crippen molar-refractivity contribution in [3.05, 3.63) is 70.3 Å². The van der Waals surface area contributed by atoms with E-state index in [2.05, 4.69) is 47.6 Å². The van der Waals surface area contributed by atoms with Gasteiger partial charge >= 0.3 is 0 Å². The van der Waals surface area contributed by atoms with Crippen molar-refractivity contribution in [1.29, 1.82) is 0 Å². The average Bonchev–Trinajstić information content (AvgIpc) is 3.69. The topological polar surface area (TPSA) is 125 Å². The standard InChI is InChI=1S/C31H32F4N10OS2/c1-18(9-21-11-23(5-7-36-21)44-14-30(32,33)15-44)38-28-42-40-26(47-28)19-3-2-4-20(10-19)27-41-43-29(48-27)39-25(46)13-22-12-24(6-8-37-22)45-16-31(34,35)17-45/h5-8,11-12,19-20H,1-4,9-10,13-17H2,(H,38,42)(H,39,43,46)/t19-,20-/m0/s1. The van der Waals surface area contributed by atoms with Crippen molar-refractivity contribution in [2.45, 2.75) is 62.2 Å². The molecule has 11 nitrogen and oxygen atoms in total. The molecule has 6 heterocycles. The van der Waals surface area contributed by atoms with Crippen LogP contribution in [0.15, 0.2) is 48.9 Å². The van der Waals surface area contributed by atoms with E-state index in [1.165, 1.54) is 28.9 Å². The molecule has 4 aromatic rings. The third kappa shape index (κ3) is 7.56. The number of halogens is 4. The van der Waals surface area contributed by atoms with Crippen molar-refractivity contribution >= 4 is 50.2 Å². The Morgan fingerprint density at radius 3 is 1.81 bits per heavy atom. The molecule has 252 valence electrons. The monoisotopic (exact) mass is 700 g/mol. The van der Waals surface area contributed by atoms with Crippen molar-refractivity contribution in [1.82, 2.24) is 30.4 Å². The summed E-state index contributed by atoms with van der Waals surface area (Å²) in [6.45, 7) is 2.85. The first-order valence-electron chi connectivity index (χ1n) is 15.5. The van der Waals surface area contributed by atoms with E-state index in [4.69, 9.17) is 0 Å². The Morgan fingerprint density at radius 2 is 1.29 bits per heavy atom. The van der Waals surface area contributed by atoms with Gasteiger partial charge in [0.2, 0.25) is 16.2 Å². The van der Waals surface area contributed by atoms with Crippen LogP contribution in [-0.4, -0.2) is 74.3 Å². The summed E-state index contributed by atoms with van der Waals surface area (Å²) >= 11 is 2.83. The van der Waals surface area contributed by atoms with Gasteiger partial charge in [-0.15, -0.1) is 20.4 Å². The molecule has 1 saturated carbocycles. The Bertz CT molecular complexity index is 1670. The third-order valence-corrected chi connectivity index (χ3v) is 10.5. The van der Waals surface area contributed by atoms with Gasteiger partial charge in [-0.25, -0.2) is 17.6 Å². The van der Waals surface area contributed by atoms with E-state index >= 15 is 0 Å². The number of anilines is 4. The van der Waals surface area contributed by atoms with Gasteiger partial charge in [0.1, 0.15) is 10.0 Å². The van der Waals surface area contributed by atoms with E-state index in [-0.39, 0.29) is 50.3 Å². The maximum Gasteiger partial charge on any atom is 0.282 e. The van der Waals surface area contributed by atoms with Crippen molar-refractivity contribution in [3.8, 4) is 0 Å². The number of amides is 1. The van der Waals surface area contributed by atoms with E-state index in [9.17, 15) is 22.4 Å². The number of pyridine rings is 2. The molecule has 0 aromatic carbocycles. The molecular weight excluding hydrogens is 669 g/mol. The van der Waals surface area contributed by atoms with Crippen LogP contribution >= 0.6 is 22.7 Å². The molecule has 17 heteroatoms. The lowest BCUT2D eigenvalue weighted by Crippen LogP contribution is -2.56. The van der Waals surface area contributed by atoms with Crippen molar-refractivity contribution in [3.63, 3.8) is 0 Å². The number of nitrogens with one attached hydrogen (secondary N) is 2. The molecule has 2 N–H and O–H groups in total. The molecule has 3 aliphatic rings. The molecule has 48 heavy (non-hydrogen) atoms. The van der Waals surface area contributed by atoms with Crippen LogP contribution in [0.2, 0.25) is 0 Å². The lowest BCUT2D eigenvalue weighted by atomic mass is 9.82. The minimum absolute atomic E-state index is 0.0126. The van der Waals surface area contributed by atoms with Crippen LogP contribution in [0, 0.1) is 0 Å². The molecule has 0 bridgehead atoms. The second-order valence-electron chi connectivity index (χ2n) is 12.5. The van der Waals surface area contributed by atoms with Crippen LogP contribution in [0.25, 0.3) is 0 Å². The normalized spacial score (nSPS) is 21.2. The molecule has 0 spiro atoms. The first-order valence-corrected chi connectivity index (χ1v) is 17.2. The summed E-state index contributed by atoms with van der Waals surface area (Å²) in [6, 6.07) is 6.85. The Morgan fingerprint density at radius 1 is 0.792 bits per heavy atom. The SMILES string of the molecule is C=C(Cc1cc(N2CC(F)(F)C2)ccn1)Nc1nnc([C@H]2CCC[C@H](c3nnc(NC(=O)Cc4cc(N5CC(F)(F)C5)ccn4)s3)C2)s1. The lowest BCUT2D eigenvalue weighted by Gasteiger charge is -2.40. The molecule has 2 saturated heterocycles. The number of hydrogen-bond acceptors (Lipinski definition) is 12. The van der Waals surface area contributed by atoms with Crippen molar-refractivity contribution in [2.24, 2.45) is 0 Å². The maximum absolute atomic E-state index is 13.3. The van der Waals surface area contributed by atoms with Crippen molar-refractivity contribution < 1.29 is 22.4 Å². The van der Waals surface area contributed by atoms with Gasteiger partial charge in [0, 0.05) is 53.4 Å². The number of nitrogens with zero attached hydrogens (tertiary/aromatic N) is 8. The molecule has 4 aromatic heterocycles. The first kappa shape index (κ1) is 32.3. The minimum Gasteiger partial charge on any atom is -0.359 e. The summed E-state index contributed by atoms with van der Waals surface area (Å²) in [5.74, 6) is -5.27. The van der Waals surface area contributed by atoms with Gasteiger partial charge in [-0.1, -0.05) is 35.7 Å². The summed E-state index contributed by atoms with van der Waals surface area (Å²) in [5, 5.41) is 26.2. The molecular formula is C31H32F4N10OS2. The Hall–Kier alpha value is -4.25. The fourth-order valence-electron chi connectivity index (χ4n) is 6.19. The van der Waals surface area contributed by atoms with Crippen LogP contribution in [0.3, 0.4) is 0 Å². The lowest BCUT2D eigenvalue weighted by molar-refractivity contribution is -0.115. The molecule has 7 rings (SSSR count). The molecule has 2 atom stereocenters. The zero-order valence-corrected chi connectivity index (χ0v) is 27.3. The van der Waals surface area contributed by atoms with Gasteiger partial charge in [-0.3, -0.25) is 14.8 Å². The van der Waals surface area contributed by atoms with Crippen LogP contribution in [-0.2, 0) is 17.6 Å². The number of hydrogen-bond donors (Lipinski definition) is 2.